The molecule has 2 N–H and O–H groups in total. The van der Waals surface area contributed by atoms with E-state index in [2.05, 4.69) is 0 Å². The van der Waals surface area contributed by atoms with Crippen LogP contribution in [0.1, 0.15) is 33.3 Å². The molecule has 8 nitrogen and oxygen atoms in total. The summed E-state index contributed by atoms with van der Waals surface area (Å²) in [6.45, 7) is -0.00341. The average molecular weight is 468 g/mol. The molecule has 0 aliphatic carbocycles. The second kappa shape index (κ2) is 8.84. The van der Waals surface area contributed by atoms with Gasteiger partial charge in [-0.05, 0) is 48.0 Å². The van der Waals surface area contributed by atoms with Gasteiger partial charge >= 0.3 is 5.97 Å². The number of amides is 1. The van der Waals surface area contributed by atoms with Crippen LogP contribution in [0, 0.1) is 0 Å². The lowest BCUT2D eigenvalue weighted by Crippen LogP contribution is -2.29. The zero-order chi connectivity index (χ0) is 23.7. The van der Waals surface area contributed by atoms with Gasteiger partial charge in [0, 0.05) is 12.1 Å². The lowest BCUT2D eigenvalue weighted by atomic mass is 9.99. The number of aliphatic hydroxyl groups is 1. The van der Waals surface area contributed by atoms with Crippen molar-refractivity contribution in [2.24, 2.45) is 0 Å². The molecule has 1 amide bonds. The molecule has 4 rings (SSSR count). The predicted octanol–water partition coefficient (Wildman–Crippen LogP) is 4.26. The lowest BCUT2D eigenvalue weighted by Gasteiger charge is -2.23. The number of hydrogen-bond acceptors (Lipinski definition) is 6. The highest BCUT2D eigenvalue weighted by atomic mass is 35.5. The van der Waals surface area contributed by atoms with Gasteiger partial charge in [0.2, 0.25) is 0 Å². The Kier molecular flexibility index (Phi) is 5.93. The lowest BCUT2D eigenvalue weighted by molar-refractivity contribution is -0.140. The van der Waals surface area contributed by atoms with Crippen LogP contribution in [0.25, 0.3) is 5.76 Å². The number of ketones is 1. The van der Waals surface area contributed by atoms with E-state index in [1.165, 1.54) is 48.6 Å². The number of carbonyl (C=O) groups is 3. The number of carbonyl (C=O) groups excluding carboxylic acids is 2. The molecule has 2 heterocycles. The number of halogens is 1. The fourth-order valence-corrected chi connectivity index (χ4v) is 3.89. The molecule has 1 aromatic heterocycles. The number of furan rings is 1. The fraction of sp³-hybridized carbons (Fsp3) is 0.125. The number of ether oxygens (including phenoxy) is 1. The number of carboxylic acids is 1. The van der Waals surface area contributed by atoms with E-state index in [9.17, 15) is 19.5 Å². The molecule has 33 heavy (non-hydrogen) atoms. The minimum absolute atomic E-state index is 0.00341. The summed E-state index contributed by atoms with van der Waals surface area (Å²) in [6.07, 6.45) is 1.41. The van der Waals surface area contributed by atoms with E-state index in [-0.39, 0.29) is 23.2 Å². The normalized spacial score (nSPS) is 17.4. The third kappa shape index (κ3) is 4.08. The van der Waals surface area contributed by atoms with E-state index in [1.54, 1.807) is 24.3 Å². The molecular formula is C24H18ClNO7. The van der Waals surface area contributed by atoms with Gasteiger partial charge in [-0.15, -0.1) is 0 Å². The van der Waals surface area contributed by atoms with Crippen LogP contribution in [0.15, 0.2) is 70.9 Å². The minimum atomic E-state index is -1.07. The molecule has 0 saturated carbocycles. The molecule has 1 aliphatic rings. The van der Waals surface area contributed by atoms with E-state index < -0.39 is 29.5 Å². The van der Waals surface area contributed by atoms with Crippen molar-refractivity contribution in [1.82, 2.24) is 4.90 Å². The van der Waals surface area contributed by atoms with Crippen LogP contribution in [0.2, 0.25) is 5.02 Å². The van der Waals surface area contributed by atoms with Crippen molar-refractivity contribution in [2.75, 3.05) is 7.11 Å². The number of hydrogen-bond donors (Lipinski definition) is 2. The molecule has 3 aromatic rings. The van der Waals surface area contributed by atoms with Crippen molar-refractivity contribution in [3.8, 4) is 5.75 Å². The quantitative estimate of drug-likeness (QED) is 0.316. The first kappa shape index (κ1) is 22.2. The summed E-state index contributed by atoms with van der Waals surface area (Å²) >= 11 is 6.06. The third-order valence-electron chi connectivity index (χ3n) is 5.33. The van der Waals surface area contributed by atoms with Crippen LogP contribution in [-0.4, -0.2) is 39.9 Å². The highest BCUT2D eigenvalue weighted by Gasteiger charge is 2.47. The van der Waals surface area contributed by atoms with E-state index in [0.717, 1.165) is 0 Å². The van der Waals surface area contributed by atoms with E-state index in [1.807, 2.05) is 0 Å². The number of Topliss-reactive ketones (excluding diaryl/α,β-unsaturated/α-hetero) is 1. The van der Waals surface area contributed by atoms with Crippen molar-refractivity contribution >= 4 is 35.0 Å². The van der Waals surface area contributed by atoms with Gasteiger partial charge in [0.1, 0.15) is 23.3 Å². The Balaban J connectivity index is 1.79. The smallest absolute Gasteiger partial charge is 0.335 e. The SMILES string of the molecule is COc1cc(/C(O)=C2/C(=O)C(=O)N(Cc3ccc(C(=O)O)cc3)C2c2ccco2)ccc1Cl. The summed E-state index contributed by atoms with van der Waals surface area (Å²) in [7, 11) is 1.42. The Morgan fingerprint density at radius 2 is 1.79 bits per heavy atom. The first-order valence-corrected chi connectivity index (χ1v) is 10.2. The number of carboxylic acid groups (broad SMARTS) is 1. The summed E-state index contributed by atoms with van der Waals surface area (Å²) < 4.78 is 10.7. The Bertz CT molecular complexity index is 1260. The van der Waals surface area contributed by atoms with E-state index in [0.29, 0.717) is 22.1 Å². The number of likely N-dealkylation sites (tertiary alicyclic amines) is 1. The molecule has 1 aliphatic heterocycles. The van der Waals surface area contributed by atoms with Gasteiger partial charge in [-0.25, -0.2) is 4.79 Å². The monoisotopic (exact) mass is 467 g/mol. The van der Waals surface area contributed by atoms with Crippen molar-refractivity contribution in [1.29, 1.82) is 0 Å². The van der Waals surface area contributed by atoms with Gasteiger partial charge in [0.05, 0.1) is 29.5 Å². The first-order valence-electron chi connectivity index (χ1n) is 9.79. The molecule has 168 valence electrons. The molecule has 1 unspecified atom stereocenters. The zero-order valence-electron chi connectivity index (χ0n) is 17.3. The maximum absolute atomic E-state index is 13.0. The second-order valence-corrected chi connectivity index (χ2v) is 7.70. The van der Waals surface area contributed by atoms with Crippen LogP contribution in [0.4, 0.5) is 0 Å². The molecule has 1 saturated heterocycles. The van der Waals surface area contributed by atoms with Crippen LogP contribution in [0.3, 0.4) is 0 Å². The second-order valence-electron chi connectivity index (χ2n) is 7.29. The van der Waals surface area contributed by atoms with E-state index >= 15 is 0 Å². The summed E-state index contributed by atoms with van der Waals surface area (Å²) in [6, 6.07) is 12.7. The van der Waals surface area contributed by atoms with Crippen molar-refractivity contribution in [3.63, 3.8) is 0 Å². The van der Waals surface area contributed by atoms with Crippen molar-refractivity contribution in [2.45, 2.75) is 12.6 Å². The summed E-state index contributed by atoms with van der Waals surface area (Å²) in [5.41, 5.74) is 0.810. The third-order valence-corrected chi connectivity index (χ3v) is 5.64. The maximum Gasteiger partial charge on any atom is 0.335 e. The van der Waals surface area contributed by atoms with Crippen LogP contribution >= 0.6 is 11.6 Å². The van der Waals surface area contributed by atoms with Gasteiger partial charge in [0.15, 0.2) is 0 Å². The molecule has 2 aromatic carbocycles. The topological polar surface area (TPSA) is 117 Å². The summed E-state index contributed by atoms with van der Waals surface area (Å²) in [5.74, 6) is -2.57. The van der Waals surface area contributed by atoms with Crippen molar-refractivity contribution in [3.05, 3.63) is 93.9 Å². The van der Waals surface area contributed by atoms with Gasteiger partial charge in [-0.1, -0.05) is 23.7 Å². The van der Waals surface area contributed by atoms with Crippen LogP contribution < -0.4 is 4.74 Å². The van der Waals surface area contributed by atoms with Crippen LogP contribution in [0.5, 0.6) is 5.75 Å². The predicted molar refractivity (Wildman–Crippen MR) is 118 cm³/mol. The zero-order valence-corrected chi connectivity index (χ0v) is 18.1. The molecule has 0 bridgehead atoms. The maximum atomic E-state index is 13.0. The highest BCUT2D eigenvalue weighted by molar-refractivity contribution is 6.46. The largest absolute Gasteiger partial charge is 0.507 e. The fourth-order valence-electron chi connectivity index (χ4n) is 3.70. The first-order chi connectivity index (χ1) is 15.8. The molecule has 0 radical (unpaired) electrons. The standard InChI is InChI=1S/C24H18ClNO7/c1-32-18-11-15(8-9-16(18)25)21(27)19-20(17-3-2-10-33-17)26(23(29)22(19)28)12-13-4-6-14(7-5-13)24(30)31/h2-11,20,27H,12H2,1H3,(H,30,31)/b21-19-. The number of methoxy groups -OCH3 is 1. The number of aromatic carboxylic acids is 1. The van der Waals surface area contributed by atoms with E-state index in [4.69, 9.17) is 25.9 Å². The van der Waals surface area contributed by atoms with Gasteiger partial charge in [-0.3, -0.25) is 9.59 Å². The number of nitrogens with zero attached hydrogens (tertiary/aromatic N) is 1. The Labute approximate surface area is 193 Å². The number of aliphatic hydroxyl groups excluding tert-OH is 1. The average Bonchev–Trinajstić information content (AvgIpc) is 3.42. The summed E-state index contributed by atoms with van der Waals surface area (Å²) in [4.78, 5) is 38.3. The summed E-state index contributed by atoms with van der Waals surface area (Å²) in [5, 5.41) is 20.5. The van der Waals surface area contributed by atoms with Crippen LogP contribution in [-0.2, 0) is 16.1 Å². The van der Waals surface area contributed by atoms with Gasteiger partial charge in [0.25, 0.3) is 11.7 Å². The molecule has 9 heteroatoms. The van der Waals surface area contributed by atoms with Gasteiger partial charge < -0.3 is 24.3 Å². The number of benzene rings is 2. The Morgan fingerprint density at radius 1 is 1.09 bits per heavy atom. The minimum Gasteiger partial charge on any atom is -0.507 e. The Hall–Kier alpha value is -4.04. The molecule has 0 spiro atoms. The number of rotatable bonds is 6. The molecular weight excluding hydrogens is 450 g/mol. The van der Waals surface area contributed by atoms with Gasteiger partial charge in [-0.2, -0.15) is 0 Å². The molecule has 1 fully saturated rings. The molecule has 1 atom stereocenters. The highest BCUT2D eigenvalue weighted by Crippen LogP contribution is 2.41. The Morgan fingerprint density at radius 3 is 2.39 bits per heavy atom. The van der Waals surface area contributed by atoms with Crippen molar-refractivity contribution < 1.29 is 33.8 Å².